The molecule has 0 radical (unpaired) electrons. The number of benzene rings is 2. The minimum atomic E-state index is -0.612. The highest BCUT2D eigenvalue weighted by Gasteiger charge is 2.15. The van der Waals surface area contributed by atoms with E-state index in [1.54, 1.807) is 19.1 Å². The maximum Gasteiger partial charge on any atom is 0.265 e. The normalized spacial score (nSPS) is 12.0. The molecule has 1 aromatic heterocycles. The van der Waals surface area contributed by atoms with E-state index >= 15 is 0 Å². The lowest BCUT2D eigenvalue weighted by atomic mass is 10.0. The molecule has 0 aliphatic carbocycles. The van der Waals surface area contributed by atoms with Crippen LogP contribution in [-0.4, -0.2) is 32.2 Å². The number of tetrazole rings is 1. The molecule has 3 aromatic rings. The summed E-state index contributed by atoms with van der Waals surface area (Å²) in [7, 11) is 0. The molecule has 3 rings (SSSR count). The van der Waals surface area contributed by atoms with Crippen LogP contribution in [0.2, 0.25) is 0 Å². The molecule has 1 heterocycles. The van der Waals surface area contributed by atoms with Crippen LogP contribution in [0.4, 0.5) is 5.69 Å². The van der Waals surface area contributed by atoms with Gasteiger partial charge in [0, 0.05) is 5.69 Å². The van der Waals surface area contributed by atoms with Gasteiger partial charge in [0.2, 0.25) is 0 Å². The minimum absolute atomic E-state index is 0.215. The molecule has 2 aromatic carbocycles. The summed E-state index contributed by atoms with van der Waals surface area (Å²) in [6, 6.07) is 15.0. The fourth-order valence-corrected chi connectivity index (χ4v) is 2.41. The number of rotatable bonds is 6. The molecule has 26 heavy (non-hydrogen) atoms. The van der Waals surface area contributed by atoms with E-state index in [0.717, 1.165) is 5.69 Å². The number of nitrogens with zero attached hydrogens (tertiary/aromatic N) is 4. The van der Waals surface area contributed by atoms with Crippen molar-refractivity contribution in [1.29, 1.82) is 0 Å². The largest absolute Gasteiger partial charge is 0.481 e. The van der Waals surface area contributed by atoms with Gasteiger partial charge in [-0.25, -0.2) is 4.68 Å². The third kappa shape index (κ3) is 4.24. The van der Waals surface area contributed by atoms with Gasteiger partial charge in [0.15, 0.2) is 6.10 Å². The maximum atomic E-state index is 12.3. The van der Waals surface area contributed by atoms with Crippen molar-refractivity contribution in [2.45, 2.75) is 32.8 Å². The van der Waals surface area contributed by atoms with Gasteiger partial charge in [0.25, 0.3) is 5.91 Å². The van der Waals surface area contributed by atoms with Crippen molar-refractivity contribution >= 4 is 11.6 Å². The zero-order valence-corrected chi connectivity index (χ0v) is 15.0. The fourth-order valence-electron chi connectivity index (χ4n) is 2.41. The summed E-state index contributed by atoms with van der Waals surface area (Å²) in [6.07, 6.45) is 0.896. The summed E-state index contributed by atoms with van der Waals surface area (Å²) in [5.74, 6) is 0.917. The van der Waals surface area contributed by atoms with Crippen LogP contribution in [0.25, 0.3) is 5.69 Å². The van der Waals surface area contributed by atoms with Crippen molar-refractivity contribution in [3.8, 4) is 11.4 Å². The van der Waals surface area contributed by atoms with E-state index < -0.39 is 6.10 Å². The van der Waals surface area contributed by atoms with E-state index in [0.29, 0.717) is 17.4 Å². The molecule has 0 aliphatic heterocycles. The molecule has 0 fully saturated rings. The Kier molecular flexibility index (Phi) is 5.26. The SMILES string of the molecule is CC(C)c1ccc(O[C@H](C)C(=O)Nc2ccc(-n3cnnn3)cc2)cc1. The van der Waals surface area contributed by atoms with Crippen LogP contribution in [0.3, 0.4) is 0 Å². The number of carbonyl (C=O) groups excluding carboxylic acids is 1. The quantitative estimate of drug-likeness (QED) is 0.737. The molecule has 7 nitrogen and oxygen atoms in total. The second-order valence-corrected chi connectivity index (χ2v) is 6.27. The van der Waals surface area contributed by atoms with Crippen molar-refractivity contribution in [1.82, 2.24) is 20.2 Å². The number of hydrogen-bond donors (Lipinski definition) is 1. The molecular formula is C19H21N5O2. The summed E-state index contributed by atoms with van der Waals surface area (Å²) in [5.41, 5.74) is 2.72. The van der Waals surface area contributed by atoms with Crippen LogP contribution < -0.4 is 10.1 Å². The van der Waals surface area contributed by atoms with Crippen LogP contribution in [0, 0.1) is 0 Å². The van der Waals surface area contributed by atoms with Gasteiger partial charge in [0.05, 0.1) is 5.69 Å². The van der Waals surface area contributed by atoms with E-state index in [9.17, 15) is 4.79 Å². The smallest absolute Gasteiger partial charge is 0.265 e. The number of aromatic nitrogens is 4. The molecule has 1 amide bonds. The van der Waals surface area contributed by atoms with Crippen LogP contribution in [-0.2, 0) is 4.79 Å². The Hall–Kier alpha value is -3.22. The summed E-state index contributed by atoms with van der Waals surface area (Å²) in [4.78, 5) is 12.3. The summed E-state index contributed by atoms with van der Waals surface area (Å²) < 4.78 is 7.26. The molecule has 0 bridgehead atoms. The van der Waals surface area contributed by atoms with Crippen LogP contribution >= 0.6 is 0 Å². The van der Waals surface area contributed by atoms with Gasteiger partial charge in [-0.15, -0.1) is 5.10 Å². The molecule has 134 valence electrons. The molecule has 0 saturated carbocycles. The summed E-state index contributed by atoms with van der Waals surface area (Å²) >= 11 is 0. The second-order valence-electron chi connectivity index (χ2n) is 6.27. The first kappa shape index (κ1) is 17.6. The summed E-state index contributed by atoms with van der Waals surface area (Å²) in [6.45, 7) is 5.99. The predicted molar refractivity (Wildman–Crippen MR) is 98.4 cm³/mol. The van der Waals surface area contributed by atoms with E-state index in [1.807, 2.05) is 36.4 Å². The topological polar surface area (TPSA) is 81.9 Å². The number of amides is 1. The second kappa shape index (κ2) is 7.77. The third-order valence-electron chi connectivity index (χ3n) is 3.98. The Balaban J connectivity index is 1.58. The van der Waals surface area contributed by atoms with Gasteiger partial charge < -0.3 is 10.1 Å². The van der Waals surface area contributed by atoms with Gasteiger partial charge in [-0.05, 0) is 65.2 Å². The van der Waals surface area contributed by atoms with E-state index in [2.05, 4.69) is 34.7 Å². The average Bonchev–Trinajstić information content (AvgIpc) is 3.17. The van der Waals surface area contributed by atoms with Crippen LogP contribution in [0.15, 0.2) is 54.9 Å². The maximum absolute atomic E-state index is 12.3. The lowest BCUT2D eigenvalue weighted by Gasteiger charge is -2.15. The Labute approximate surface area is 152 Å². The van der Waals surface area contributed by atoms with Crippen molar-refractivity contribution in [2.75, 3.05) is 5.32 Å². The average molecular weight is 351 g/mol. The van der Waals surface area contributed by atoms with E-state index in [1.165, 1.54) is 16.6 Å². The lowest BCUT2D eigenvalue weighted by Crippen LogP contribution is -2.30. The van der Waals surface area contributed by atoms with Gasteiger partial charge in [-0.1, -0.05) is 26.0 Å². The first-order valence-electron chi connectivity index (χ1n) is 8.44. The van der Waals surface area contributed by atoms with Crippen molar-refractivity contribution < 1.29 is 9.53 Å². The number of ether oxygens (including phenoxy) is 1. The zero-order chi connectivity index (χ0) is 18.5. The van der Waals surface area contributed by atoms with Gasteiger partial charge in [0.1, 0.15) is 12.1 Å². The first-order chi connectivity index (χ1) is 12.5. The number of anilines is 1. The highest BCUT2D eigenvalue weighted by molar-refractivity contribution is 5.94. The molecule has 0 spiro atoms. The fraction of sp³-hybridized carbons (Fsp3) is 0.263. The molecule has 0 saturated heterocycles. The minimum Gasteiger partial charge on any atom is -0.481 e. The van der Waals surface area contributed by atoms with Gasteiger partial charge in [-0.3, -0.25) is 4.79 Å². The Bertz CT molecular complexity index is 843. The summed E-state index contributed by atoms with van der Waals surface area (Å²) in [5, 5.41) is 13.8. The molecule has 1 N–H and O–H groups in total. The monoisotopic (exact) mass is 351 g/mol. The zero-order valence-electron chi connectivity index (χ0n) is 15.0. The highest BCUT2D eigenvalue weighted by atomic mass is 16.5. The lowest BCUT2D eigenvalue weighted by molar-refractivity contribution is -0.122. The van der Waals surface area contributed by atoms with E-state index in [-0.39, 0.29) is 5.91 Å². The van der Waals surface area contributed by atoms with Crippen molar-refractivity contribution in [2.24, 2.45) is 0 Å². The van der Waals surface area contributed by atoms with Gasteiger partial charge >= 0.3 is 0 Å². The first-order valence-corrected chi connectivity index (χ1v) is 8.44. The van der Waals surface area contributed by atoms with Crippen LogP contribution in [0.1, 0.15) is 32.3 Å². The Morgan fingerprint density at radius 3 is 2.31 bits per heavy atom. The van der Waals surface area contributed by atoms with Crippen LogP contribution in [0.5, 0.6) is 5.75 Å². The highest BCUT2D eigenvalue weighted by Crippen LogP contribution is 2.20. The van der Waals surface area contributed by atoms with Crippen molar-refractivity contribution in [3.63, 3.8) is 0 Å². The van der Waals surface area contributed by atoms with Crippen molar-refractivity contribution in [3.05, 3.63) is 60.4 Å². The predicted octanol–water partition coefficient (Wildman–Crippen LogP) is 3.19. The molecule has 1 atom stereocenters. The molecule has 0 aliphatic rings. The third-order valence-corrected chi connectivity index (χ3v) is 3.98. The Morgan fingerprint density at radius 2 is 1.73 bits per heavy atom. The molecule has 0 unspecified atom stereocenters. The number of carbonyl (C=O) groups is 1. The standard InChI is InChI=1S/C19H21N5O2/c1-13(2)15-4-10-18(11-5-15)26-14(3)19(25)21-16-6-8-17(9-7-16)24-12-20-22-23-24/h4-14H,1-3H3,(H,21,25)/t14-/m1/s1. The molecular weight excluding hydrogens is 330 g/mol. The Morgan fingerprint density at radius 1 is 1.04 bits per heavy atom. The van der Waals surface area contributed by atoms with E-state index in [4.69, 9.17) is 4.74 Å². The van der Waals surface area contributed by atoms with Gasteiger partial charge in [-0.2, -0.15) is 0 Å². The number of nitrogens with one attached hydrogen (secondary N) is 1. The molecule has 7 heteroatoms. The number of hydrogen-bond acceptors (Lipinski definition) is 5.